The molecule has 0 atom stereocenters. The maximum Gasteiger partial charge on any atom is 0.282 e. The van der Waals surface area contributed by atoms with Crippen molar-refractivity contribution in [1.29, 1.82) is 0 Å². The lowest BCUT2D eigenvalue weighted by molar-refractivity contribution is 0.284. The maximum atomic E-state index is 12.9. The first-order valence-electron chi connectivity index (χ1n) is 9.84. The van der Waals surface area contributed by atoms with Gasteiger partial charge in [0.05, 0.1) is 29.2 Å². The van der Waals surface area contributed by atoms with Crippen LogP contribution in [-0.4, -0.2) is 23.0 Å². The Hall–Kier alpha value is -2.87. The average Bonchev–Trinajstić information content (AvgIpc) is 2.79. The van der Waals surface area contributed by atoms with Gasteiger partial charge >= 0.3 is 0 Å². The van der Waals surface area contributed by atoms with Crippen LogP contribution in [0.4, 0.5) is 0 Å². The summed E-state index contributed by atoms with van der Waals surface area (Å²) in [6, 6.07) is 16.1. The lowest BCUT2D eigenvalue weighted by atomic mass is 10.2. The first kappa shape index (κ1) is 23.3. The number of nitrogens with zero attached hydrogens (tertiary/aromatic N) is 3. The zero-order valence-electron chi connectivity index (χ0n) is 17.7. The van der Waals surface area contributed by atoms with Gasteiger partial charge in [0.15, 0.2) is 11.5 Å². The summed E-state index contributed by atoms with van der Waals surface area (Å²) < 4.78 is 13.4. The summed E-state index contributed by atoms with van der Waals surface area (Å²) in [5.41, 5.74) is 1.92. The summed E-state index contributed by atoms with van der Waals surface area (Å²) in [5.74, 6) is 1.33. The van der Waals surface area contributed by atoms with E-state index < -0.39 is 0 Å². The molecule has 0 radical (unpaired) electrons. The number of rotatable bonds is 6. The van der Waals surface area contributed by atoms with Crippen molar-refractivity contribution in [3.8, 4) is 11.5 Å². The number of methoxy groups -OCH3 is 1. The third kappa shape index (κ3) is 5.21. The van der Waals surface area contributed by atoms with Crippen molar-refractivity contribution in [2.45, 2.75) is 13.5 Å². The second-order valence-electron chi connectivity index (χ2n) is 7.13. The number of aryl methyl sites for hydroxylation is 1. The zero-order chi connectivity index (χ0) is 23.5. The van der Waals surface area contributed by atoms with E-state index in [4.69, 9.17) is 32.7 Å². The lowest BCUT2D eigenvalue weighted by Crippen LogP contribution is -2.20. The molecule has 0 fully saturated rings. The molecule has 0 saturated heterocycles. The van der Waals surface area contributed by atoms with Crippen LogP contribution in [-0.2, 0) is 6.61 Å². The van der Waals surface area contributed by atoms with Crippen molar-refractivity contribution < 1.29 is 9.47 Å². The summed E-state index contributed by atoms with van der Waals surface area (Å²) in [5, 5.41) is 5.81. The number of halogens is 3. The minimum atomic E-state index is -0.268. The Morgan fingerprint density at radius 3 is 2.61 bits per heavy atom. The Morgan fingerprint density at radius 1 is 1.12 bits per heavy atom. The predicted molar refractivity (Wildman–Crippen MR) is 135 cm³/mol. The van der Waals surface area contributed by atoms with E-state index in [1.165, 1.54) is 18.0 Å². The number of fused-ring (bicyclic) bond motifs is 1. The molecular formula is C24H18BrCl2N3O3. The summed E-state index contributed by atoms with van der Waals surface area (Å²) in [6.45, 7) is 2.02. The molecule has 4 rings (SSSR count). The molecule has 3 aromatic carbocycles. The topological polar surface area (TPSA) is 65.7 Å². The zero-order valence-corrected chi connectivity index (χ0v) is 20.8. The molecule has 1 heterocycles. The van der Waals surface area contributed by atoms with E-state index in [1.54, 1.807) is 43.3 Å². The smallest absolute Gasteiger partial charge is 0.282 e. The molecule has 168 valence electrons. The molecular weight excluding hydrogens is 529 g/mol. The van der Waals surface area contributed by atoms with Crippen molar-refractivity contribution in [3.05, 3.63) is 96.4 Å². The lowest BCUT2D eigenvalue weighted by Gasteiger charge is -2.13. The van der Waals surface area contributed by atoms with Crippen molar-refractivity contribution in [3.63, 3.8) is 0 Å². The largest absolute Gasteiger partial charge is 0.493 e. The van der Waals surface area contributed by atoms with Crippen LogP contribution < -0.4 is 15.0 Å². The Morgan fingerprint density at radius 2 is 1.88 bits per heavy atom. The van der Waals surface area contributed by atoms with Gasteiger partial charge in [-0.25, -0.2) is 4.98 Å². The van der Waals surface area contributed by atoms with Gasteiger partial charge in [-0.2, -0.15) is 9.78 Å². The molecule has 0 spiro atoms. The Labute approximate surface area is 208 Å². The fourth-order valence-corrected chi connectivity index (χ4v) is 3.97. The highest BCUT2D eigenvalue weighted by Gasteiger charge is 2.13. The van der Waals surface area contributed by atoms with Crippen LogP contribution in [0.5, 0.6) is 11.5 Å². The second-order valence-corrected chi connectivity index (χ2v) is 8.89. The predicted octanol–water partition coefficient (Wildman–Crippen LogP) is 6.24. The van der Waals surface area contributed by atoms with Crippen molar-refractivity contribution in [1.82, 2.24) is 9.66 Å². The SMILES string of the molecule is COc1cc(C=Nn2c(C)nc3ccc(Br)cc3c2=O)cc(Cl)c1OCc1ccc(Cl)cc1. The van der Waals surface area contributed by atoms with E-state index in [1.807, 2.05) is 18.2 Å². The third-order valence-corrected chi connectivity index (χ3v) is 5.87. The molecule has 0 saturated carbocycles. The molecule has 0 aliphatic rings. The van der Waals surface area contributed by atoms with Crippen LogP contribution in [0.15, 0.2) is 69.0 Å². The fraction of sp³-hybridized carbons (Fsp3) is 0.125. The van der Waals surface area contributed by atoms with Crippen LogP contribution in [0.2, 0.25) is 10.0 Å². The molecule has 9 heteroatoms. The second kappa shape index (κ2) is 9.95. The van der Waals surface area contributed by atoms with Gasteiger partial charge in [-0.3, -0.25) is 4.79 Å². The number of hydrogen-bond acceptors (Lipinski definition) is 5. The number of benzene rings is 3. The molecule has 33 heavy (non-hydrogen) atoms. The summed E-state index contributed by atoms with van der Waals surface area (Å²) >= 11 is 15.8. The highest BCUT2D eigenvalue weighted by Crippen LogP contribution is 2.36. The fourth-order valence-electron chi connectivity index (χ4n) is 3.21. The highest BCUT2D eigenvalue weighted by atomic mass is 79.9. The quantitative estimate of drug-likeness (QED) is 0.268. The molecule has 0 amide bonds. The molecule has 0 aliphatic carbocycles. The van der Waals surface area contributed by atoms with E-state index >= 15 is 0 Å². The standard InChI is InChI=1S/C24H18BrCl2N3O3/c1-14-29-21-8-5-17(25)11-19(21)24(31)30(14)28-12-16-9-20(27)23(22(10-16)32-2)33-13-15-3-6-18(26)7-4-15/h3-12H,13H2,1-2H3. The average molecular weight is 547 g/mol. The highest BCUT2D eigenvalue weighted by molar-refractivity contribution is 9.10. The molecule has 0 aliphatic heterocycles. The van der Waals surface area contributed by atoms with Gasteiger partial charge in [0.25, 0.3) is 5.56 Å². The van der Waals surface area contributed by atoms with Gasteiger partial charge < -0.3 is 9.47 Å². The van der Waals surface area contributed by atoms with Crippen molar-refractivity contribution in [2.75, 3.05) is 7.11 Å². The molecule has 4 aromatic rings. The normalized spacial score (nSPS) is 11.3. The van der Waals surface area contributed by atoms with Gasteiger partial charge in [0.2, 0.25) is 0 Å². The number of hydrogen-bond donors (Lipinski definition) is 0. The molecule has 0 unspecified atom stereocenters. The molecule has 1 aromatic heterocycles. The van der Waals surface area contributed by atoms with E-state index in [-0.39, 0.29) is 5.56 Å². The van der Waals surface area contributed by atoms with Crippen molar-refractivity contribution >= 4 is 56.2 Å². The number of aromatic nitrogens is 2. The summed E-state index contributed by atoms with van der Waals surface area (Å²) in [4.78, 5) is 17.4. The third-order valence-electron chi connectivity index (χ3n) is 4.84. The molecule has 0 bridgehead atoms. The van der Waals surface area contributed by atoms with Crippen LogP contribution >= 0.6 is 39.1 Å². The Bertz CT molecular complexity index is 1420. The number of ether oxygens (including phenoxy) is 2. The summed E-state index contributed by atoms with van der Waals surface area (Å²) in [7, 11) is 1.53. The van der Waals surface area contributed by atoms with E-state index in [0.29, 0.717) is 50.4 Å². The first-order chi connectivity index (χ1) is 15.9. The monoisotopic (exact) mass is 545 g/mol. The van der Waals surface area contributed by atoms with Crippen LogP contribution in [0.1, 0.15) is 17.0 Å². The van der Waals surface area contributed by atoms with Crippen molar-refractivity contribution in [2.24, 2.45) is 5.10 Å². The van der Waals surface area contributed by atoms with E-state index in [9.17, 15) is 4.79 Å². The van der Waals surface area contributed by atoms with Crippen LogP contribution in [0.25, 0.3) is 10.9 Å². The van der Waals surface area contributed by atoms with Gasteiger partial charge in [0.1, 0.15) is 12.4 Å². The van der Waals surface area contributed by atoms with Gasteiger partial charge in [0, 0.05) is 9.50 Å². The van der Waals surface area contributed by atoms with E-state index in [2.05, 4.69) is 26.0 Å². The Kier molecular flexibility index (Phi) is 7.02. The minimum Gasteiger partial charge on any atom is -0.493 e. The van der Waals surface area contributed by atoms with Crippen LogP contribution in [0.3, 0.4) is 0 Å². The van der Waals surface area contributed by atoms with Gasteiger partial charge in [-0.15, -0.1) is 0 Å². The molecule has 0 N–H and O–H groups in total. The van der Waals surface area contributed by atoms with E-state index in [0.717, 1.165) is 10.0 Å². The molecule has 6 nitrogen and oxygen atoms in total. The first-order valence-corrected chi connectivity index (χ1v) is 11.4. The van der Waals surface area contributed by atoms with Crippen LogP contribution in [0, 0.1) is 6.92 Å². The van der Waals surface area contributed by atoms with Gasteiger partial charge in [-0.1, -0.05) is 51.3 Å². The Balaban J connectivity index is 1.63. The minimum absolute atomic E-state index is 0.268. The summed E-state index contributed by atoms with van der Waals surface area (Å²) in [6.07, 6.45) is 1.53. The van der Waals surface area contributed by atoms with Gasteiger partial charge in [-0.05, 0) is 60.5 Å². The maximum absolute atomic E-state index is 12.9.